The van der Waals surface area contributed by atoms with E-state index in [-0.39, 0.29) is 24.3 Å². The number of hydrogen-bond acceptors (Lipinski definition) is 11. The lowest BCUT2D eigenvalue weighted by Crippen LogP contribution is -2.56. The van der Waals surface area contributed by atoms with Crippen LogP contribution < -0.4 is 14.6 Å². The van der Waals surface area contributed by atoms with E-state index >= 15 is 0 Å². The third-order valence-electron chi connectivity index (χ3n) is 7.31. The van der Waals surface area contributed by atoms with Crippen molar-refractivity contribution in [3.8, 4) is 11.5 Å². The van der Waals surface area contributed by atoms with Crippen molar-refractivity contribution in [1.29, 1.82) is 0 Å². The summed E-state index contributed by atoms with van der Waals surface area (Å²) < 4.78 is 45.6. The van der Waals surface area contributed by atoms with E-state index in [2.05, 4.69) is 33.0 Å². The smallest absolute Gasteiger partial charge is 0.500 e. The molecule has 1 N–H and O–H groups in total. The lowest BCUT2D eigenvalue weighted by Gasteiger charge is -2.39. The molecular weight excluding hydrogens is 580 g/mol. The second kappa shape index (κ2) is 14.1. The van der Waals surface area contributed by atoms with E-state index in [0.717, 1.165) is 6.42 Å². The topological polar surface area (TPSA) is 120 Å². The quantitative estimate of drug-likeness (QED) is 0.254. The monoisotopic (exact) mass is 625 g/mol. The van der Waals surface area contributed by atoms with Gasteiger partial charge in [-0.25, -0.2) is 9.59 Å². The Morgan fingerprint density at radius 3 is 1.71 bits per heavy atom. The summed E-state index contributed by atoms with van der Waals surface area (Å²) in [7, 11) is -2.21. The fourth-order valence-corrected chi connectivity index (χ4v) is 4.93. The summed E-state index contributed by atoms with van der Waals surface area (Å²) in [4.78, 5) is 24.4. The maximum atomic E-state index is 12.2. The van der Waals surface area contributed by atoms with Crippen molar-refractivity contribution in [3.05, 3.63) is 59.7 Å². The summed E-state index contributed by atoms with van der Waals surface area (Å²) in [6, 6.07) is 13.8. The zero-order valence-electron chi connectivity index (χ0n) is 27.6. The molecule has 2 heterocycles. The van der Waals surface area contributed by atoms with Crippen molar-refractivity contribution in [2.75, 3.05) is 26.4 Å². The fourth-order valence-electron chi connectivity index (χ4n) is 4.93. The summed E-state index contributed by atoms with van der Waals surface area (Å²) in [6.45, 7) is 17.6. The maximum absolute atomic E-state index is 12.2. The van der Waals surface area contributed by atoms with Gasteiger partial charge >= 0.3 is 26.6 Å². The Morgan fingerprint density at radius 1 is 0.600 bits per heavy atom. The van der Waals surface area contributed by atoms with E-state index in [0.29, 0.717) is 42.3 Å². The van der Waals surface area contributed by atoms with Gasteiger partial charge in [0.1, 0.15) is 11.5 Å². The van der Waals surface area contributed by atoms with Gasteiger partial charge in [-0.05, 0) is 92.5 Å². The van der Waals surface area contributed by atoms with Gasteiger partial charge in [-0.15, -0.1) is 0 Å². The van der Waals surface area contributed by atoms with Crippen molar-refractivity contribution in [2.45, 2.75) is 90.5 Å². The molecule has 2 aromatic carbocycles. The summed E-state index contributed by atoms with van der Waals surface area (Å²) in [5.41, 5.74) is -0.984. The van der Waals surface area contributed by atoms with Crippen LogP contribution in [0.25, 0.3) is 0 Å². The SMILES string of the molecule is CC(C)(CCOC(C)(C)COB1OC(=O)c2ccccc2O1)NC(C)(C)COC(C)(C)CCOB1OC(=O)c2ccccc2O1. The highest BCUT2D eigenvalue weighted by atomic mass is 16.8. The van der Waals surface area contributed by atoms with Crippen LogP contribution in [-0.2, 0) is 28.1 Å². The second-order valence-electron chi connectivity index (χ2n) is 13.8. The average molecular weight is 625 g/mol. The first-order chi connectivity index (χ1) is 21.0. The van der Waals surface area contributed by atoms with Gasteiger partial charge in [0, 0.05) is 24.3 Å². The zero-order chi connectivity index (χ0) is 32.9. The minimum Gasteiger partial charge on any atom is -0.500 e. The molecular formula is C32H45B2NO10. The molecule has 0 saturated heterocycles. The molecule has 2 aliphatic rings. The van der Waals surface area contributed by atoms with Crippen LogP contribution in [0.15, 0.2) is 48.5 Å². The van der Waals surface area contributed by atoms with E-state index < -0.39 is 37.8 Å². The number of ether oxygens (including phenoxy) is 2. The van der Waals surface area contributed by atoms with Gasteiger partial charge in [-0.1, -0.05) is 24.3 Å². The Kier molecular flexibility index (Phi) is 10.9. The molecule has 2 aliphatic heterocycles. The van der Waals surface area contributed by atoms with Gasteiger partial charge in [0.2, 0.25) is 0 Å². The van der Waals surface area contributed by atoms with Gasteiger partial charge < -0.3 is 42.7 Å². The molecule has 13 heteroatoms. The van der Waals surface area contributed by atoms with E-state index in [1.807, 2.05) is 27.7 Å². The molecule has 0 saturated carbocycles. The molecule has 0 unspecified atom stereocenters. The number of hydrogen-bond donors (Lipinski definition) is 1. The zero-order valence-corrected chi connectivity index (χ0v) is 27.6. The molecule has 0 atom stereocenters. The summed E-state index contributed by atoms with van der Waals surface area (Å²) >= 11 is 0. The van der Waals surface area contributed by atoms with E-state index in [9.17, 15) is 9.59 Å². The first-order valence-corrected chi connectivity index (χ1v) is 15.3. The highest BCUT2D eigenvalue weighted by Gasteiger charge is 2.39. The first kappa shape index (κ1) is 34.8. The number of carbonyl (C=O) groups is 2. The molecule has 0 radical (unpaired) electrons. The van der Waals surface area contributed by atoms with Crippen molar-refractivity contribution >= 4 is 26.6 Å². The largest absolute Gasteiger partial charge is 0.790 e. The Bertz CT molecular complexity index is 1330. The molecule has 2 aromatic rings. The normalized spacial score (nSPS) is 15.5. The maximum Gasteiger partial charge on any atom is 0.790 e. The van der Waals surface area contributed by atoms with Crippen LogP contribution in [0.2, 0.25) is 0 Å². The Hall–Kier alpha value is -3.09. The van der Waals surface area contributed by atoms with Gasteiger partial charge in [-0.3, -0.25) is 0 Å². The van der Waals surface area contributed by atoms with E-state index in [1.165, 1.54) is 0 Å². The van der Waals surface area contributed by atoms with Crippen LogP contribution in [0.3, 0.4) is 0 Å². The molecule has 0 aliphatic carbocycles. The molecule has 0 spiro atoms. The van der Waals surface area contributed by atoms with Crippen molar-refractivity contribution in [2.24, 2.45) is 0 Å². The van der Waals surface area contributed by atoms with Crippen LogP contribution in [0, 0.1) is 0 Å². The molecule has 0 amide bonds. The molecule has 0 aromatic heterocycles. The molecule has 45 heavy (non-hydrogen) atoms. The molecule has 4 rings (SSSR count). The Labute approximate surface area is 266 Å². The lowest BCUT2D eigenvalue weighted by atomic mass is 9.94. The predicted octanol–water partition coefficient (Wildman–Crippen LogP) is 5.01. The second-order valence-corrected chi connectivity index (χ2v) is 13.8. The van der Waals surface area contributed by atoms with Gasteiger partial charge in [0.25, 0.3) is 0 Å². The fraction of sp³-hybridized carbons (Fsp3) is 0.562. The third-order valence-corrected chi connectivity index (χ3v) is 7.31. The molecule has 11 nitrogen and oxygen atoms in total. The molecule has 244 valence electrons. The predicted molar refractivity (Wildman–Crippen MR) is 169 cm³/mol. The van der Waals surface area contributed by atoms with Crippen molar-refractivity contribution < 1.29 is 47.0 Å². The summed E-state index contributed by atoms with van der Waals surface area (Å²) in [5.74, 6) is -0.0753. The average Bonchev–Trinajstić information content (AvgIpc) is 2.94. The highest BCUT2D eigenvalue weighted by molar-refractivity contribution is 6.42. The van der Waals surface area contributed by atoms with Crippen molar-refractivity contribution in [1.82, 2.24) is 5.32 Å². The first-order valence-electron chi connectivity index (χ1n) is 15.3. The number of para-hydroxylation sites is 2. The number of benzene rings is 2. The number of nitrogens with one attached hydrogen (secondary N) is 1. The van der Waals surface area contributed by atoms with E-state index in [1.54, 1.807) is 48.5 Å². The summed E-state index contributed by atoms with van der Waals surface area (Å²) in [6.07, 6.45) is 1.29. The van der Waals surface area contributed by atoms with Crippen LogP contribution in [0.1, 0.15) is 88.9 Å². The highest BCUT2D eigenvalue weighted by Crippen LogP contribution is 2.27. The van der Waals surface area contributed by atoms with Crippen LogP contribution in [0.5, 0.6) is 11.5 Å². The Morgan fingerprint density at radius 2 is 1.13 bits per heavy atom. The van der Waals surface area contributed by atoms with Crippen LogP contribution in [0.4, 0.5) is 0 Å². The van der Waals surface area contributed by atoms with Crippen LogP contribution in [-0.4, -0.2) is 75.3 Å². The lowest BCUT2D eigenvalue weighted by molar-refractivity contribution is -0.0699. The minimum absolute atomic E-state index is 0.168. The number of rotatable bonds is 16. The van der Waals surface area contributed by atoms with Gasteiger partial charge in [0.15, 0.2) is 0 Å². The number of fused-ring (bicyclic) bond motifs is 2. The standard InChI is InChI=1S/C32H45B2NO10/c1-29(2,17-19-38-32(7,8)22-41-34-43-26-16-12-10-14-24(26)28(37)45-34)35-30(3,4)21-39-31(5,6)18-20-40-33-42-25-15-11-9-13-23(25)27(36)44-33/h9-16,35H,17-22H2,1-8H3. The van der Waals surface area contributed by atoms with Gasteiger partial charge in [0.05, 0.1) is 35.5 Å². The van der Waals surface area contributed by atoms with E-state index in [4.69, 9.17) is 37.4 Å². The minimum atomic E-state index is -1.12. The summed E-state index contributed by atoms with van der Waals surface area (Å²) in [5, 5.41) is 3.69. The van der Waals surface area contributed by atoms with Crippen LogP contribution >= 0.6 is 0 Å². The molecule has 0 bridgehead atoms. The Balaban J connectivity index is 1.14. The number of carbonyl (C=O) groups excluding carboxylic acids is 2. The van der Waals surface area contributed by atoms with Gasteiger partial charge in [-0.2, -0.15) is 0 Å². The third kappa shape index (κ3) is 10.5. The van der Waals surface area contributed by atoms with Crippen molar-refractivity contribution in [3.63, 3.8) is 0 Å². The molecule has 0 fully saturated rings.